The minimum atomic E-state index is -4.84. The van der Waals surface area contributed by atoms with E-state index in [1.54, 1.807) is 0 Å². The first-order valence-electron chi connectivity index (χ1n) is 5.20. The van der Waals surface area contributed by atoms with Crippen LogP contribution in [0.4, 0.5) is 19.0 Å². The van der Waals surface area contributed by atoms with Crippen molar-refractivity contribution in [1.29, 1.82) is 0 Å². The van der Waals surface area contributed by atoms with Gasteiger partial charge in [-0.3, -0.25) is 5.10 Å². The average molecular weight is 273 g/mol. The molecule has 1 atom stereocenters. The number of anilines is 1. The first-order chi connectivity index (χ1) is 8.88. The SMILES string of the molecule is Nc1[nH]ncc1C(O)c1ccccc1OC(F)(F)F. The van der Waals surface area contributed by atoms with Crippen LogP contribution in [0.2, 0.25) is 0 Å². The molecule has 0 fully saturated rings. The normalized spacial score (nSPS) is 13.3. The standard InChI is InChI=1S/C11H10F3N3O2/c12-11(13,14)19-8-4-2-1-3-6(8)9(18)7-5-16-17-10(7)15/h1-5,9,18H,(H3,15,16,17). The molecule has 2 rings (SSSR count). The number of halogens is 3. The van der Waals surface area contributed by atoms with Crippen molar-refractivity contribution in [1.82, 2.24) is 10.2 Å². The molecule has 0 aliphatic rings. The number of para-hydroxylation sites is 1. The Morgan fingerprint density at radius 3 is 2.53 bits per heavy atom. The highest BCUT2D eigenvalue weighted by Crippen LogP contribution is 2.34. The number of aliphatic hydroxyl groups is 1. The number of benzene rings is 1. The third-order valence-electron chi connectivity index (χ3n) is 2.43. The number of nitrogen functional groups attached to an aromatic ring is 1. The number of nitrogens with one attached hydrogen (secondary N) is 1. The summed E-state index contributed by atoms with van der Waals surface area (Å²) in [4.78, 5) is 0. The van der Waals surface area contributed by atoms with Gasteiger partial charge in [0.15, 0.2) is 0 Å². The Morgan fingerprint density at radius 2 is 1.95 bits per heavy atom. The molecule has 19 heavy (non-hydrogen) atoms. The van der Waals surface area contributed by atoms with E-state index in [9.17, 15) is 18.3 Å². The smallest absolute Gasteiger partial charge is 0.405 e. The molecule has 0 saturated heterocycles. The first-order valence-corrected chi connectivity index (χ1v) is 5.20. The number of aromatic amines is 1. The molecule has 2 aromatic rings. The molecule has 0 aliphatic heterocycles. The lowest BCUT2D eigenvalue weighted by atomic mass is 10.0. The third-order valence-corrected chi connectivity index (χ3v) is 2.43. The minimum Gasteiger partial charge on any atom is -0.405 e. The topological polar surface area (TPSA) is 84.2 Å². The average Bonchev–Trinajstić information content (AvgIpc) is 2.73. The van der Waals surface area contributed by atoms with Crippen LogP contribution in [0.3, 0.4) is 0 Å². The Labute approximate surface area is 105 Å². The molecule has 0 spiro atoms. The van der Waals surface area contributed by atoms with Crippen LogP contribution in [0.5, 0.6) is 5.75 Å². The molecule has 1 heterocycles. The monoisotopic (exact) mass is 273 g/mol. The molecular formula is C11H10F3N3O2. The molecule has 102 valence electrons. The summed E-state index contributed by atoms with van der Waals surface area (Å²) in [7, 11) is 0. The number of nitrogens with zero attached hydrogens (tertiary/aromatic N) is 1. The third kappa shape index (κ3) is 2.97. The lowest BCUT2D eigenvalue weighted by molar-refractivity contribution is -0.275. The van der Waals surface area contributed by atoms with Crippen molar-refractivity contribution in [3.05, 3.63) is 41.6 Å². The van der Waals surface area contributed by atoms with E-state index in [-0.39, 0.29) is 16.9 Å². The van der Waals surface area contributed by atoms with Gasteiger partial charge in [-0.05, 0) is 6.07 Å². The van der Waals surface area contributed by atoms with Gasteiger partial charge in [0.1, 0.15) is 17.7 Å². The number of nitrogens with two attached hydrogens (primary N) is 1. The second-order valence-corrected chi connectivity index (χ2v) is 3.73. The molecule has 1 unspecified atom stereocenters. The Kier molecular flexibility index (Phi) is 3.34. The number of alkyl halides is 3. The van der Waals surface area contributed by atoms with E-state index in [1.807, 2.05) is 0 Å². The molecule has 0 amide bonds. The Bertz CT molecular complexity index is 568. The number of rotatable bonds is 3. The predicted octanol–water partition coefficient (Wildman–Crippen LogP) is 1.97. The van der Waals surface area contributed by atoms with E-state index in [4.69, 9.17) is 5.73 Å². The molecule has 1 aromatic carbocycles. The lowest BCUT2D eigenvalue weighted by Gasteiger charge is -2.16. The maximum atomic E-state index is 12.3. The van der Waals surface area contributed by atoms with Gasteiger partial charge in [-0.15, -0.1) is 13.2 Å². The largest absolute Gasteiger partial charge is 0.573 e. The summed E-state index contributed by atoms with van der Waals surface area (Å²) in [6, 6.07) is 5.29. The van der Waals surface area contributed by atoms with Crippen molar-refractivity contribution in [2.75, 3.05) is 5.73 Å². The first kappa shape index (κ1) is 13.2. The molecule has 8 heteroatoms. The molecule has 0 bridgehead atoms. The molecule has 0 aliphatic carbocycles. The zero-order valence-corrected chi connectivity index (χ0v) is 9.48. The van der Waals surface area contributed by atoms with E-state index in [0.29, 0.717) is 0 Å². The van der Waals surface area contributed by atoms with Gasteiger partial charge in [-0.25, -0.2) is 0 Å². The van der Waals surface area contributed by atoms with Crippen LogP contribution in [-0.2, 0) is 0 Å². The number of aliphatic hydroxyl groups excluding tert-OH is 1. The Balaban J connectivity index is 2.37. The maximum Gasteiger partial charge on any atom is 0.573 e. The van der Waals surface area contributed by atoms with Gasteiger partial charge < -0.3 is 15.6 Å². The zero-order valence-electron chi connectivity index (χ0n) is 9.48. The molecular weight excluding hydrogens is 263 g/mol. The van der Waals surface area contributed by atoms with Crippen molar-refractivity contribution in [3.63, 3.8) is 0 Å². The van der Waals surface area contributed by atoms with Crippen molar-refractivity contribution < 1.29 is 23.0 Å². The van der Waals surface area contributed by atoms with Crippen molar-refractivity contribution in [2.24, 2.45) is 0 Å². The summed E-state index contributed by atoms with van der Waals surface area (Å²) in [5.74, 6) is -0.405. The summed E-state index contributed by atoms with van der Waals surface area (Å²) < 4.78 is 40.6. The highest BCUT2D eigenvalue weighted by molar-refractivity contribution is 5.47. The Hall–Kier alpha value is -2.22. The Morgan fingerprint density at radius 1 is 1.26 bits per heavy atom. The van der Waals surface area contributed by atoms with Gasteiger partial charge in [0.2, 0.25) is 0 Å². The van der Waals surface area contributed by atoms with Crippen LogP contribution in [0.15, 0.2) is 30.5 Å². The fourth-order valence-electron chi connectivity index (χ4n) is 1.61. The minimum absolute atomic E-state index is 0.0482. The predicted molar refractivity (Wildman–Crippen MR) is 60.2 cm³/mol. The van der Waals surface area contributed by atoms with E-state index >= 15 is 0 Å². The van der Waals surface area contributed by atoms with Gasteiger partial charge in [0, 0.05) is 11.1 Å². The van der Waals surface area contributed by atoms with E-state index in [2.05, 4.69) is 14.9 Å². The maximum absolute atomic E-state index is 12.3. The quantitative estimate of drug-likeness (QED) is 0.798. The molecule has 0 radical (unpaired) electrons. The lowest BCUT2D eigenvalue weighted by Crippen LogP contribution is -2.19. The fourth-order valence-corrected chi connectivity index (χ4v) is 1.61. The summed E-state index contributed by atoms with van der Waals surface area (Å²) in [5.41, 5.74) is 5.65. The van der Waals surface area contributed by atoms with Crippen LogP contribution >= 0.6 is 0 Å². The summed E-state index contributed by atoms with van der Waals surface area (Å²) in [6.45, 7) is 0. The number of aromatic nitrogens is 2. The highest BCUT2D eigenvalue weighted by atomic mass is 19.4. The second-order valence-electron chi connectivity index (χ2n) is 3.73. The molecule has 1 aromatic heterocycles. The van der Waals surface area contributed by atoms with Crippen LogP contribution in [0.25, 0.3) is 0 Å². The van der Waals surface area contributed by atoms with Crippen LogP contribution in [0, 0.1) is 0 Å². The van der Waals surface area contributed by atoms with E-state index < -0.39 is 18.2 Å². The van der Waals surface area contributed by atoms with Crippen molar-refractivity contribution in [2.45, 2.75) is 12.5 Å². The summed E-state index contributed by atoms with van der Waals surface area (Å²) in [6.07, 6.45) is -4.96. The van der Waals surface area contributed by atoms with Crippen molar-refractivity contribution in [3.8, 4) is 5.75 Å². The van der Waals surface area contributed by atoms with Crippen LogP contribution in [-0.4, -0.2) is 21.7 Å². The molecule has 0 saturated carbocycles. The van der Waals surface area contributed by atoms with Gasteiger partial charge in [-0.1, -0.05) is 18.2 Å². The molecule has 4 N–H and O–H groups in total. The summed E-state index contributed by atoms with van der Waals surface area (Å²) in [5, 5.41) is 16.0. The summed E-state index contributed by atoms with van der Waals surface area (Å²) >= 11 is 0. The number of hydrogen-bond acceptors (Lipinski definition) is 4. The van der Waals surface area contributed by atoms with Crippen LogP contribution < -0.4 is 10.5 Å². The number of ether oxygens (including phenoxy) is 1. The van der Waals surface area contributed by atoms with Gasteiger partial charge >= 0.3 is 6.36 Å². The number of H-pyrrole nitrogens is 1. The van der Waals surface area contributed by atoms with Crippen LogP contribution in [0.1, 0.15) is 17.2 Å². The van der Waals surface area contributed by atoms with Gasteiger partial charge in [-0.2, -0.15) is 5.10 Å². The second kappa shape index (κ2) is 4.81. The highest BCUT2D eigenvalue weighted by Gasteiger charge is 2.33. The number of hydrogen-bond donors (Lipinski definition) is 3. The van der Waals surface area contributed by atoms with E-state index in [0.717, 1.165) is 6.07 Å². The zero-order chi connectivity index (χ0) is 14.0. The van der Waals surface area contributed by atoms with Crippen molar-refractivity contribution >= 4 is 5.82 Å². The molecule has 5 nitrogen and oxygen atoms in total. The van der Waals surface area contributed by atoms with Gasteiger partial charge in [0.05, 0.1) is 6.20 Å². The fraction of sp³-hybridized carbons (Fsp3) is 0.182. The van der Waals surface area contributed by atoms with Gasteiger partial charge in [0.25, 0.3) is 0 Å². The van der Waals surface area contributed by atoms with E-state index in [1.165, 1.54) is 24.4 Å².